The number of nitrogens with zero attached hydrogens (tertiary/aromatic N) is 4. The molecule has 3 rings (SSSR count). The SMILES string of the molecule is COC(=O)C1OC(C)(C)OC1Cn1cnc2c(N)ncnc21. The van der Waals surface area contributed by atoms with Crippen LogP contribution >= 0.6 is 0 Å². The number of imidazole rings is 1. The van der Waals surface area contributed by atoms with Gasteiger partial charge in [0.25, 0.3) is 0 Å². The number of hydrogen-bond donors (Lipinski definition) is 1. The van der Waals surface area contributed by atoms with Crippen LogP contribution in [0.15, 0.2) is 12.7 Å². The molecule has 0 saturated carbocycles. The minimum Gasteiger partial charge on any atom is -0.467 e. The van der Waals surface area contributed by atoms with E-state index in [0.29, 0.717) is 23.5 Å². The first-order valence-corrected chi connectivity index (χ1v) is 6.76. The molecule has 2 aromatic rings. The van der Waals surface area contributed by atoms with Gasteiger partial charge in [-0.15, -0.1) is 0 Å². The third kappa shape index (κ3) is 2.48. The van der Waals surface area contributed by atoms with Crippen molar-refractivity contribution in [1.29, 1.82) is 0 Å². The Balaban J connectivity index is 1.90. The zero-order chi connectivity index (χ0) is 15.9. The van der Waals surface area contributed by atoms with E-state index in [2.05, 4.69) is 15.0 Å². The Morgan fingerprint density at radius 3 is 2.91 bits per heavy atom. The Labute approximate surface area is 126 Å². The van der Waals surface area contributed by atoms with Crippen molar-refractivity contribution in [1.82, 2.24) is 19.5 Å². The Morgan fingerprint density at radius 1 is 1.41 bits per heavy atom. The van der Waals surface area contributed by atoms with Gasteiger partial charge in [-0.2, -0.15) is 0 Å². The first-order valence-electron chi connectivity index (χ1n) is 6.76. The molecule has 22 heavy (non-hydrogen) atoms. The van der Waals surface area contributed by atoms with Crippen LogP contribution < -0.4 is 5.73 Å². The van der Waals surface area contributed by atoms with E-state index in [1.54, 1.807) is 24.7 Å². The molecule has 1 aliphatic heterocycles. The molecule has 0 amide bonds. The number of ether oxygens (including phenoxy) is 3. The highest BCUT2D eigenvalue weighted by atomic mass is 16.8. The van der Waals surface area contributed by atoms with E-state index in [1.807, 2.05) is 0 Å². The van der Waals surface area contributed by atoms with Crippen molar-refractivity contribution < 1.29 is 19.0 Å². The molecule has 2 aromatic heterocycles. The molecule has 0 bridgehead atoms. The number of carbonyl (C=O) groups is 1. The number of nitrogen functional groups attached to an aromatic ring is 1. The second-order valence-electron chi connectivity index (χ2n) is 5.45. The van der Waals surface area contributed by atoms with Crippen LogP contribution in [0.25, 0.3) is 11.2 Å². The van der Waals surface area contributed by atoms with Crippen LogP contribution in [0.1, 0.15) is 13.8 Å². The van der Waals surface area contributed by atoms with Crippen molar-refractivity contribution >= 4 is 23.0 Å². The number of carbonyl (C=O) groups excluding carboxylic acids is 1. The summed E-state index contributed by atoms with van der Waals surface area (Å²) >= 11 is 0. The molecule has 1 aliphatic rings. The molecule has 9 heteroatoms. The fourth-order valence-electron chi connectivity index (χ4n) is 2.51. The van der Waals surface area contributed by atoms with E-state index >= 15 is 0 Å². The Kier molecular flexibility index (Phi) is 3.45. The summed E-state index contributed by atoms with van der Waals surface area (Å²) in [7, 11) is 1.31. The summed E-state index contributed by atoms with van der Waals surface area (Å²) in [6.45, 7) is 3.82. The number of esters is 1. The van der Waals surface area contributed by atoms with Crippen molar-refractivity contribution in [2.75, 3.05) is 12.8 Å². The third-order valence-electron chi connectivity index (χ3n) is 3.42. The molecular formula is C13H17N5O4. The van der Waals surface area contributed by atoms with Gasteiger partial charge in [-0.25, -0.2) is 19.7 Å². The zero-order valence-electron chi connectivity index (χ0n) is 12.5. The lowest BCUT2D eigenvalue weighted by molar-refractivity contribution is -0.168. The summed E-state index contributed by atoms with van der Waals surface area (Å²) < 4.78 is 17.9. The zero-order valence-corrected chi connectivity index (χ0v) is 12.5. The first kappa shape index (κ1) is 14.7. The lowest BCUT2D eigenvalue weighted by Gasteiger charge is -2.17. The van der Waals surface area contributed by atoms with Crippen molar-refractivity contribution in [2.24, 2.45) is 0 Å². The van der Waals surface area contributed by atoms with Gasteiger partial charge in [-0.05, 0) is 13.8 Å². The predicted octanol–water partition coefficient (Wildman–Crippen LogP) is 0.102. The molecule has 1 fully saturated rings. The van der Waals surface area contributed by atoms with Gasteiger partial charge in [0, 0.05) is 0 Å². The largest absolute Gasteiger partial charge is 0.467 e. The maximum atomic E-state index is 11.9. The molecular weight excluding hydrogens is 290 g/mol. The Bertz CT molecular complexity index is 714. The van der Waals surface area contributed by atoms with E-state index in [9.17, 15) is 4.79 Å². The minimum absolute atomic E-state index is 0.303. The standard InChI is InChI=1S/C13H17N5O4/c1-13(2)21-7(9(22-13)12(19)20-3)4-18-6-17-8-10(14)15-5-16-11(8)18/h5-7,9H,4H2,1-3H3,(H2,14,15,16). The van der Waals surface area contributed by atoms with Crippen molar-refractivity contribution in [3.05, 3.63) is 12.7 Å². The van der Waals surface area contributed by atoms with Crippen LogP contribution in [0.4, 0.5) is 5.82 Å². The summed E-state index contributed by atoms with van der Waals surface area (Å²) in [5.74, 6) is -1.04. The van der Waals surface area contributed by atoms with Gasteiger partial charge in [0.15, 0.2) is 23.4 Å². The normalized spacial score (nSPS) is 23.8. The maximum Gasteiger partial charge on any atom is 0.337 e. The maximum absolute atomic E-state index is 11.9. The number of nitrogens with two attached hydrogens (primary N) is 1. The van der Waals surface area contributed by atoms with Gasteiger partial charge >= 0.3 is 5.97 Å². The van der Waals surface area contributed by atoms with E-state index in [-0.39, 0.29) is 0 Å². The summed E-state index contributed by atoms with van der Waals surface area (Å²) in [4.78, 5) is 24.1. The second-order valence-corrected chi connectivity index (χ2v) is 5.45. The number of fused-ring (bicyclic) bond motifs is 1. The summed E-state index contributed by atoms with van der Waals surface area (Å²) in [6, 6.07) is 0. The average molecular weight is 307 g/mol. The molecule has 0 radical (unpaired) electrons. The highest BCUT2D eigenvalue weighted by Crippen LogP contribution is 2.30. The average Bonchev–Trinajstić information content (AvgIpc) is 3.01. The molecule has 2 N–H and O–H groups in total. The molecule has 2 atom stereocenters. The number of hydrogen-bond acceptors (Lipinski definition) is 8. The van der Waals surface area contributed by atoms with Crippen LogP contribution in [0.2, 0.25) is 0 Å². The predicted molar refractivity (Wildman–Crippen MR) is 75.6 cm³/mol. The van der Waals surface area contributed by atoms with Gasteiger partial charge < -0.3 is 24.5 Å². The van der Waals surface area contributed by atoms with E-state index < -0.39 is 24.0 Å². The van der Waals surface area contributed by atoms with E-state index in [0.717, 1.165) is 0 Å². The highest BCUT2D eigenvalue weighted by molar-refractivity contribution is 5.81. The quantitative estimate of drug-likeness (QED) is 0.794. The third-order valence-corrected chi connectivity index (χ3v) is 3.42. The monoisotopic (exact) mass is 307 g/mol. The molecule has 9 nitrogen and oxygen atoms in total. The molecule has 118 valence electrons. The van der Waals surface area contributed by atoms with Gasteiger partial charge in [-0.3, -0.25) is 0 Å². The number of aromatic nitrogens is 4. The van der Waals surface area contributed by atoms with Gasteiger partial charge in [0.2, 0.25) is 0 Å². The highest BCUT2D eigenvalue weighted by Gasteiger charge is 2.46. The molecule has 0 aliphatic carbocycles. The van der Waals surface area contributed by atoms with Crippen molar-refractivity contribution in [3.63, 3.8) is 0 Å². The van der Waals surface area contributed by atoms with Crippen LogP contribution in [0.3, 0.4) is 0 Å². The van der Waals surface area contributed by atoms with Crippen LogP contribution in [-0.4, -0.2) is 50.6 Å². The topological polar surface area (TPSA) is 114 Å². The molecule has 0 aromatic carbocycles. The fourth-order valence-corrected chi connectivity index (χ4v) is 2.51. The number of rotatable bonds is 3. The van der Waals surface area contributed by atoms with Crippen LogP contribution in [-0.2, 0) is 25.5 Å². The Morgan fingerprint density at radius 2 is 2.18 bits per heavy atom. The fraction of sp³-hybridized carbons (Fsp3) is 0.538. The molecule has 2 unspecified atom stereocenters. The van der Waals surface area contributed by atoms with Crippen molar-refractivity contribution in [3.8, 4) is 0 Å². The van der Waals surface area contributed by atoms with Crippen LogP contribution in [0, 0.1) is 0 Å². The number of anilines is 1. The minimum atomic E-state index is -0.867. The smallest absolute Gasteiger partial charge is 0.337 e. The van der Waals surface area contributed by atoms with E-state index in [1.165, 1.54) is 13.4 Å². The number of methoxy groups -OCH3 is 1. The Hall–Kier alpha value is -2.26. The van der Waals surface area contributed by atoms with Crippen LogP contribution in [0.5, 0.6) is 0 Å². The van der Waals surface area contributed by atoms with E-state index in [4.69, 9.17) is 19.9 Å². The first-order chi connectivity index (χ1) is 10.4. The lowest BCUT2D eigenvalue weighted by atomic mass is 10.2. The molecule has 3 heterocycles. The summed E-state index contributed by atoms with van der Waals surface area (Å²) in [6.07, 6.45) is 1.62. The van der Waals surface area contributed by atoms with Gasteiger partial charge in [0.05, 0.1) is 20.0 Å². The lowest BCUT2D eigenvalue weighted by Crippen LogP contribution is -2.35. The summed E-state index contributed by atoms with van der Waals surface area (Å²) in [5.41, 5.74) is 6.84. The van der Waals surface area contributed by atoms with Gasteiger partial charge in [-0.1, -0.05) is 0 Å². The summed E-state index contributed by atoms with van der Waals surface area (Å²) in [5, 5.41) is 0. The molecule has 0 spiro atoms. The van der Waals surface area contributed by atoms with Gasteiger partial charge in [0.1, 0.15) is 17.9 Å². The second kappa shape index (κ2) is 5.18. The van der Waals surface area contributed by atoms with Crippen molar-refractivity contribution in [2.45, 2.75) is 38.4 Å². The molecule has 1 saturated heterocycles.